The summed E-state index contributed by atoms with van der Waals surface area (Å²) in [5, 5.41) is 4.18. The third-order valence-electron chi connectivity index (χ3n) is 2.86. The Kier molecular flexibility index (Phi) is 5.35. The standard InChI is InChI=1S/C12H23N3S/c1-5-6-9(4)7-10(13)12-11(8(2)3)14-15-16-12/h8-10H,5-7,13H2,1-4H3. The Morgan fingerprint density at radius 3 is 2.56 bits per heavy atom. The van der Waals surface area contributed by atoms with Crippen LogP contribution in [0, 0.1) is 5.92 Å². The molecule has 16 heavy (non-hydrogen) atoms. The fraction of sp³-hybridized carbons (Fsp3) is 0.833. The van der Waals surface area contributed by atoms with Gasteiger partial charge in [-0.1, -0.05) is 45.0 Å². The summed E-state index contributed by atoms with van der Waals surface area (Å²) in [6.45, 7) is 8.77. The second-order valence-corrected chi connectivity index (χ2v) is 5.70. The molecule has 0 amide bonds. The van der Waals surface area contributed by atoms with Gasteiger partial charge < -0.3 is 5.73 Å². The molecule has 1 aromatic heterocycles. The predicted molar refractivity (Wildman–Crippen MR) is 69.6 cm³/mol. The highest BCUT2D eigenvalue weighted by Crippen LogP contribution is 2.29. The lowest BCUT2D eigenvalue weighted by Crippen LogP contribution is -2.15. The van der Waals surface area contributed by atoms with Crippen LogP contribution >= 0.6 is 11.5 Å². The molecule has 92 valence electrons. The molecule has 4 heteroatoms. The van der Waals surface area contributed by atoms with Crippen molar-refractivity contribution in [3.63, 3.8) is 0 Å². The molecule has 3 nitrogen and oxygen atoms in total. The van der Waals surface area contributed by atoms with Crippen molar-refractivity contribution in [3.8, 4) is 0 Å². The maximum Gasteiger partial charge on any atom is 0.0828 e. The van der Waals surface area contributed by atoms with Crippen molar-refractivity contribution < 1.29 is 0 Å². The van der Waals surface area contributed by atoms with E-state index in [9.17, 15) is 0 Å². The Bertz CT molecular complexity index is 309. The lowest BCUT2D eigenvalue weighted by molar-refractivity contribution is 0.441. The van der Waals surface area contributed by atoms with Gasteiger partial charge in [0.2, 0.25) is 0 Å². The van der Waals surface area contributed by atoms with Crippen LogP contribution in [0.25, 0.3) is 0 Å². The van der Waals surface area contributed by atoms with Gasteiger partial charge >= 0.3 is 0 Å². The number of hydrogen-bond acceptors (Lipinski definition) is 4. The molecule has 0 fully saturated rings. The maximum atomic E-state index is 6.24. The molecular weight excluding hydrogens is 218 g/mol. The van der Waals surface area contributed by atoms with Crippen LogP contribution in [0.3, 0.4) is 0 Å². The summed E-state index contributed by atoms with van der Waals surface area (Å²) in [5.41, 5.74) is 7.32. The number of hydrogen-bond donors (Lipinski definition) is 1. The monoisotopic (exact) mass is 241 g/mol. The summed E-state index contributed by atoms with van der Waals surface area (Å²) in [6.07, 6.45) is 3.51. The molecule has 1 heterocycles. The molecule has 2 atom stereocenters. The lowest BCUT2D eigenvalue weighted by Gasteiger charge is -2.16. The van der Waals surface area contributed by atoms with Gasteiger partial charge in [0.1, 0.15) is 0 Å². The van der Waals surface area contributed by atoms with Crippen molar-refractivity contribution >= 4 is 11.5 Å². The van der Waals surface area contributed by atoms with Gasteiger partial charge in [-0.25, -0.2) is 0 Å². The zero-order chi connectivity index (χ0) is 12.1. The van der Waals surface area contributed by atoms with Crippen LogP contribution in [0.15, 0.2) is 0 Å². The van der Waals surface area contributed by atoms with E-state index in [0.717, 1.165) is 12.1 Å². The van der Waals surface area contributed by atoms with E-state index in [2.05, 4.69) is 37.3 Å². The first-order valence-electron chi connectivity index (χ1n) is 6.13. The smallest absolute Gasteiger partial charge is 0.0828 e. The third kappa shape index (κ3) is 3.52. The van der Waals surface area contributed by atoms with Crippen LogP contribution < -0.4 is 5.73 Å². The van der Waals surface area contributed by atoms with Crippen LogP contribution in [0.5, 0.6) is 0 Å². The summed E-state index contributed by atoms with van der Waals surface area (Å²) in [6, 6.07) is 0.110. The maximum absolute atomic E-state index is 6.24. The molecular formula is C12H23N3S. The van der Waals surface area contributed by atoms with Gasteiger partial charge in [0, 0.05) is 6.04 Å². The van der Waals surface area contributed by atoms with Crippen molar-refractivity contribution in [2.45, 2.75) is 58.9 Å². The molecule has 0 saturated carbocycles. The highest BCUT2D eigenvalue weighted by molar-refractivity contribution is 7.05. The average molecular weight is 241 g/mol. The van der Waals surface area contributed by atoms with Gasteiger partial charge in [-0.3, -0.25) is 0 Å². The quantitative estimate of drug-likeness (QED) is 0.829. The summed E-state index contributed by atoms with van der Waals surface area (Å²) in [5.74, 6) is 1.10. The van der Waals surface area contributed by atoms with Gasteiger partial charge in [-0.2, -0.15) is 0 Å². The summed E-state index contributed by atoms with van der Waals surface area (Å²) < 4.78 is 4.03. The second kappa shape index (κ2) is 6.30. The minimum Gasteiger partial charge on any atom is -0.323 e. The van der Waals surface area contributed by atoms with Gasteiger partial charge in [0.15, 0.2) is 0 Å². The predicted octanol–water partition coefficient (Wildman–Crippen LogP) is 3.49. The molecule has 1 rings (SSSR count). The number of nitrogens with zero attached hydrogens (tertiary/aromatic N) is 2. The number of rotatable bonds is 6. The van der Waals surface area contributed by atoms with Gasteiger partial charge in [0.05, 0.1) is 10.6 Å². The first-order valence-corrected chi connectivity index (χ1v) is 6.91. The van der Waals surface area contributed by atoms with Crippen LogP contribution in [-0.4, -0.2) is 9.59 Å². The Morgan fingerprint density at radius 2 is 2.00 bits per heavy atom. The summed E-state index contributed by atoms with van der Waals surface area (Å²) in [4.78, 5) is 1.18. The molecule has 0 radical (unpaired) electrons. The zero-order valence-electron chi connectivity index (χ0n) is 10.7. The molecule has 0 aliphatic heterocycles. The SMILES string of the molecule is CCCC(C)CC(N)c1snnc1C(C)C. The largest absolute Gasteiger partial charge is 0.323 e. The Labute approximate surface area is 103 Å². The van der Waals surface area contributed by atoms with Gasteiger partial charge in [-0.15, -0.1) is 5.10 Å². The van der Waals surface area contributed by atoms with Crippen molar-refractivity contribution in [1.29, 1.82) is 0 Å². The number of nitrogens with two attached hydrogens (primary N) is 1. The molecule has 0 aliphatic carbocycles. The van der Waals surface area contributed by atoms with Crippen molar-refractivity contribution in [2.75, 3.05) is 0 Å². The van der Waals surface area contributed by atoms with Crippen LogP contribution in [0.4, 0.5) is 0 Å². The molecule has 2 unspecified atom stereocenters. The van der Waals surface area contributed by atoms with Crippen LogP contribution in [-0.2, 0) is 0 Å². The minimum atomic E-state index is 0.110. The highest BCUT2D eigenvalue weighted by Gasteiger charge is 2.19. The topological polar surface area (TPSA) is 51.8 Å². The van der Waals surface area contributed by atoms with E-state index in [1.807, 2.05) is 0 Å². The van der Waals surface area contributed by atoms with Crippen molar-refractivity contribution in [2.24, 2.45) is 11.7 Å². The van der Waals surface area contributed by atoms with E-state index in [1.165, 1.54) is 29.3 Å². The second-order valence-electron chi connectivity index (χ2n) is 4.91. The molecule has 0 saturated heterocycles. The van der Waals surface area contributed by atoms with E-state index in [-0.39, 0.29) is 6.04 Å². The molecule has 0 bridgehead atoms. The van der Waals surface area contributed by atoms with Crippen molar-refractivity contribution in [1.82, 2.24) is 9.59 Å². The van der Waals surface area contributed by atoms with E-state index < -0.39 is 0 Å². The Hall–Kier alpha value is -0.480. The molecule has 2 N–H and O–H groups in total. The molecule has 0 aromatic carbocycles. The van der Waals surface area contributed by atoms with E-state index in [4.69, 9.17) is 5.73 Å². The van der Waals surface area contributed by atoms with Crippen molar-refractivity contribution in [3.05, 3.63) is 10.6 Å². The van der Waals surface area contributed by atoms with Gasteiger partial charge in [-0.05, 0) is 29.8 Å². The fourth-order valence-electron chi connectivity index (χ4n) is 2.01. The zero-order valence-corrected chi connectivity index (χ0v) is 11.5. The summed E-state index contributed by atoms with van der Waals surface area (Å²) in [7, 11) is 0. The third-order valence-corrected chi connectivity index (χ3v) is 3.73. The molecule has 1 aromatic rings. The van der Waals surface area contributed by atoms with Gasteiger partial charge in [0.25, 0.3) is 0 Å². The fourth-order valence-corrected chi connectivity index (χ4v) is 2.83. The van der Waals surface area contributed by atoms with E-state index >= 15 is 0 Å². The molecule has 0 aliphatic rings. The summed E-state index contributed by atoms with van der Waals surface area (Å²) >= 11 is 1.46. The Morgan fingerprint density at radius 1 is 1.31 bits per heavy atom. The van der Waals surface area contributed by atoms with Crippen LogP contribution in [0.1, 0.15) is 69.5 Å². The first-order chi connectivity index (χ1) is 7.56. The minimum absolute atomic E-state index is 0.110. The normalized spacial score (nSPS) is 15.4. The average Bonchev–Trinajstić information content (AvgIpc) is 2.65. The first kappa shape index (κ1) is 13.6. The van der Waals surface area contributed by atoms with Crippen LogP contribution in [0.2, 0.25) is 0 Å². The highest BCUT2D eigenvalue weighted by atomic mass is 32.1. The lowest BCUT2D eigenvalue weighted by atomic mass is 9.95. The van der Waals surface area contributed by atoms with E-state index in [0.29, 0.717) is 11.8 Å². The molecule has 0 spiro atoms. The van der Waals surface area contributed by atoms with E-state index in [1.54, 1.807) is 0 Å². The Balaban J connectivity index is 2.65. The number of aromatic nitrogens is 2.